The molecule has 77 valence electrons. The lowest BCUT2D eigenvalue weighted by Crippen LogP contribution is -2.09. The van der Waals surface area contributed by atoms with Crippen molar-refractivity contribution >= 4 is 5.91 Å². The van der Waals surface area contributed by atoms with Gasteiger partial charge in [0.05, 0.1) is 0 Å². The van der Waals surface area contributed by atoms with Gasteiger partial charge >= 0.3 is 0 Å². The van der Waals surface area contributed by atoms with Gasteiger partial charge in [0.25, 0.3) is 0 Å². The molecule has 1 heterocycles. The number of imidazole rings is 1. The van der Waals surface area contributed by atoms with Crippen molar-refractivity contribution in [1.82, 2.24) is 9.55 Å². The van der Waals surface area contributed by atoms with Crippen LogP contribution in [0.25, 0.3) is 0 Å². The summed E-state index contributed by atoms with van der Waals surface area (Å²) in [5.74, 6) is 0.775. The maximum atomic E-state index is 10.4. The molecule has 1 amide bonds. The first-order valence-corrected chi connectivity index (χ1v) is 4.88. The molecule has 4 heteroatoms. The molecule has 0 aliphatic rings. The first-order valence-electron chi connectivity index (χ1n) is 4.88. The minimum absolute atomic E-state index is 0.211. The molecular weight excluding hydrogens is 178 g/mol. The summed E-state index contributed by atoms with van der Waals surface area (Å²) < 4.78 is 2.06. The Morgan fingerprint density at radius 1 is 1.57 bits per heavy atom. The van der Waals surface area contributed by atoms with E-state index >= 15 is 0 Å². The fraction of sp³-hybridized carbons (Fsp3) is 0.600. The van der Waals surface area contributed by atoms with E-state index in [1.54, 1.807) is 0 Å². The van der Waals surface area contributed by atoms with Crippen LogP contribution in [0, 0.1) is 13.1 Å². The predicted molar refractivity (Wildman–Crippen MR) is 53.5 cm³/mol. The highest BCUT2D eigenvalue weighted by atomic mass is 16.1. The first-order chi connectivity index (χ1) is 6.70. The highest BCUT2D eigenvalue weighted by molar-refractivity contribution is 5.73. The number of nitrogens with two attached hydrogens (primary N) is 1. The lowest BCUT2D eigenvalue weighted by molar-refractivity contribution is -0.118. The number of hydrogen-bond acceptors (Lipinski definition) is 2. The molecule has 0 spiro atoms. The van der Waals surface area contributed by atoms with Crippen LogP contribution < -0.4 is 5.73 Å². The first kappa shape index (κ1) is 10.8. The van der Waals surface area contributed by atoms with Crippen LogP contribution in [0.5, 0.6) is 0 Å². The van der Waals surface area contributed by atoms with Crippen molar-refractivity contribution < 1.29 is 4.79 Å². The number of aromatic nitrogens is 2. The summed E-state index contributed by atoms with van der Waals surface area (Å²) in [4.78, 5) is 14.5. The molecule has 4 nitrogen and oxygen atoms in total. The predicted octanol–water partition coefficient (Wildman–Crippen LogP) is 1.04. The number of aryl methyl sites for hydroxylation is 2. The van der Waals surface area contributed by atoms with Crippen molar-refractivity contribution in [2.24, 2.45) is 5.73 Å². The fourth-order valence-electron chi connectivity index (χ4n) is 1.33. The van der Waals surface area contributed by atoms with Crippen LogP contribution in [0.1, 0.15) is 31.5 Å². The summed E-state index contributed by atoms with van der Waals surface area (Å²) in [6.07, 6.45) is 8.11. The fourth-order valence-corrected chi connectivity index (χ4v) is 1.33. The Bertz CT molecular complexity index is 293. The van der Waals surface area contributed by atoms with Crippen molar-refractivity contribution in [3.8, 4) is 0 Å². The molecule has 0 bridgehead atoms. The normalized spacial score (nSPS) is 10.4. The van der Waals surface area contributed by atoms with Crippen molar-refractivity contribution in [3.63, 3.8) is 0 Å². The van der Waals surface area contributed by atoms with Crippen molar-refractivity contribution in [1.29, 1.82) is 0 Å². The summed E-state index contributed by atoms with van der Waals surface area (Å²) in [6.45, 7) is 2.90. The Morgan fingerprint density at radius 3 is 2.93 bits per heavy atom. The molecule has 0 aromatic carbocycles. The second-order valence-electron chi connectivity index (χ2n) is 3.39. The zero-order chi connectivity index (χ0) is 10.4. The van der Waals surface area contributed by atoms with Gasteiger partial charge in [-0.2, -0.15) is 0 Å². The van der Waals surface area contributed by atoms with Gasteiger partial charge < -0.3 is 10.3 Å². The largest absolute Gasteiger partial charge is 0.370 e. The molecule has 0 aliphatic heterocycles. The summed E-state index contributed by atoms with van der Waals surface area (Å²) in [7, 11) is 0. The maximum absolute atomic E-state index is 10.4. The second kappa shape index (κ2) is 5.42. The third-order valence-electron chi connectivity index (χ3n) is 2.18. The quantitative estimate of drug-likeness (QED) is 0.688. The van der Waals surface area contributed by atoms with Crippen LogP contribution in [0.2, 0.25) is 0 Å². The van der Waals surface area contributed by atoms with Gasteiger partial charge in [0.15, 0.2) is 0 Å². The summed E-state index contributed by atoms with van der Waals surface area (Å²) in [6, 6.07) is 0. The Kier molecular flexibility index (Phi) is 4.16. The Hall–Kier alpha value is -1.32. The topological polar surface area (TPSA) is 60.9 Å². The molecule has 0 atom stereocenters. The number of rotatable bonds is 6. The molecule has 0 saturated carbocycles. The monoisotopic (exact) mass is 194 g/mol. The van der Waals surface area contributed by atoms with E-state index in [1.165, 1.54) is 0 Å². The number of carbonyl (C=O) groups excluding carboxylic acids is 1. The summed E-state index contributed by atoms with van der Waals surface area (Å²) in [5.41, 5.74) is 5.03. The number of unbranched alkanes of at least 4 members (excludes halogenated alkanes) is 2. The lowest BCUT2D eigenvalue weighted by Gasteiger charge is -2.03. The van der Waals surface area contributed by atoms with Crippen LogP contribution in [-0.4, -0.2) is 15.5 Å². The van der Waals surface area contributed by atoms with E-state index in [1.807, 2.05) is 13.1 Å². The lowest BCUT2D eigenvalue weighted by atomic mass is 10.2. The molecule has 1 radical (unpaired) electrons. The standard InChI is InChI=1S/C10H16N3O/c1-9-12-6-8-13(9)7-4-2-3-5-10(11)14/h8H,2-5,7H2,1H3,(H2,11,14). The molecule has 1 aromatic heterocycles. The maximum Gasteiger partial charge on any atom is 0.217 e. The Labute approximate surface area is 84.1 Å². The van der Waals surface area contributed by atoms with Crippen LogP contribution in [0.15, 0.2) is 6.20 Å². The third kappa shape index (κ3) is 3.60. The number of amides is 1. The van der Waals surface area contributed by atoms with E-state index in [2.05, 4.69) is 15.7 Å². The van der Waals surface area contributed by atoms with Gasteiger partial charge in [-0.15, -0.1) is 0 Å². The van der Waals surface area contributed by atoms with Gasteiger partial charge in [-0.1, -0.05) is 6.42 Å². The zero-order valence-electron chi connectivity index (χ0n) is 8.49. The van der Waals surface area contributed by atoms with E-state index < -0.39 is 0 Å². The molecule has 0 saturated heterocycles. The van der Waals surface area contributed by atoms with Gasteiger partial charge in [0.2, 0.25) is 5.91 Å². The number of nitrogens with zero attached hydrogens (tertiary/aromatic N) is 2. The molecule has 1 rings (SSSR count). The molecular formula is C10H16N3O. The Morgan fingerprint density at radius 2 is 2.36 bits per heavy atom. The number of carbonyl (C=O) groups is 1. The highest BCUT2D eigenvalue weighted by Crippen LogP contribution is 2.03. The summed E-state index contributed by atoms with van der Waals surface area (Å²) >= 11 is 0. The van der Waals surface area contributed by atoms with Gasteiger partial charge in [0, 0.05) is 19.2 Å². The van der Waals surface area contributed by atoms with Crippen LogP contribution in [0.4, 0.5) is 0 Å². The van der Waals surface area contributed by atoms with Gasteiger partial charge in [-0.05, 0) is 19.8 Å². The van der Waals surface area contributed by atoms with Crippen LogP contribution in [-0.2, 0) is 11.3 Å². The Balaban J connectivity index is 2.10. The summed E-state index contributed by atoms with van der Waals surface area (Å²) in [5, 5.41) is 0. The van der Waals surface area contributed by atoms with Crippen LogP contribution in [0.3, 0.4) is 0 Å². The van der Waals surface area contributed by atoms with E-state index in [9.17, 15) is 4.79 Å². The SMILES string of the molecule is Cc1n[c]cn1CCCCCC(N)=O. The van der Waals surface area contributed by atoms with E-state index in [4.69, 9.17) is 5.73 Å². The molecule has 0 unspecified atom stereocenters. The van der Waals surface area contributed by atoms with Gasteiger partial charge in [0.1, 0.15) is 12.0 Å². The molecule has 0 aliphatic carbocycles. The average Bonchev–Trinajstić information content (AvgIpc) is 2.51. The van der Waals surface area contributed by atoms with E-state index in [-0.39, 0.29) is 5.91 Å². The average molecular weight is 194 g/mol. The second-order valence-corrected chi connectivity index (χ2v) is 3.39. The van der Waals surface area contributed by atoms with Crippen molar-refractivity contribution in [2.45, 2.75) is 39.2 Å². The minimum Gasteiger partial charge on any atom is -0.370 e. The van der Waals surface area contributed by atoms with Gasteiger partial charge in [-0.3, -0.25) is 4.79 Å². The van der Waals surface area contributed by atoms with Crippen LogP contribution >= 0.6 is 0 Å². The minimum atomic E-state index is -0.211. The van der Waals surface area contributed by atoms with E-state index in [0.717, 1.165) is 31.6 Å². The van der Waals surface area contributed by atoms with Crippen molar-refractivity contribution in [3.05, 3.63) is 18.2 Å². The number of hydrogen-bond donors (Lipinski definition) is 1. The highest BCUT2D eigenvalue weighted by Gasteiger charge is 1.97. The van der Waals surface area contributed by atoms with Crippen molar-refractivity contribution in [2.75, 3.05) is 0 Å². The zero-order valence-corrected chi connectivity index (χ0v) is 8.49. The third-order valence-corrected chi connectivity index (χ3v) is 2.18. The molecule has 1 aromatic rings. The smallest absolute Gasteiger partial charge is 0.217 e. The molecule has 2 N–H and O–H groups in total. The van der Waals surface area contributed by atoms with Gasteiger partial charge in [-0.25, -0.2) is 4.98 Å². The molecule has 0 fully saturated rings. The number of primary amides is 1. The van der Waals surface area contributed by atoms with E-state index in [0.29, 0.717) is 6.42 Å². The molecule has 14 heavy (non-hydrogen) atoms.